The number of primary amides is 1. The van der Waals surface area contributed by atoms with Gasteiger partial charge in [0.05, 0.1) is 30.6 Å². The van der Waals surface area contributed by atoms with E-state index in [0.29, 0.717) is 52.2 Å². The number of nitrogens with one attached hydrogen (secondary N) is 1. The number of ether oxygens (including phenoxy) is 1. The third kappa shape index (κ3) is 6.48. The van der Waals surface area contributed by atoms with Crippen LogP contribution in [-0.2, 0) is 24.4 Å². The molecule has 3 aromatic heterocycles. The molecule has 7 nitrogen and oxygen atoms in total. The molecular weight excluding hydrogens is 467 g/mol. The lowest BCUT2D eigenvalue weighted by Crippen LogP contribution is -2.11. The number of carbonyl (C=O) groups excluding carboxylic acids is 1. The molecule has 0 aliphatic carbocycles. The molecule has 0 radical (unpaired) electrons. The van der Waals surface area contributed by atoms with Crippen molar-refractivity contribution < 1.29 is 19.0 Å². The number of halogens is 1. The van der Waals surface area contributed by atoms with E-state index in [-0.39, 0.29) is 5.56 Å². The summed E-state index contributed by atoms with van der Waals surface area (Å²) in [5.74, 6) is -0.546. The van der Waals surface area contributed by atoms with E-state index >= 15 is 0 Å². The second-order valence-electron chi connectivity index (χ2n) is 8.07. The number of pyridine rings is 2. The predicted octanol–water partition coefficient (Wildman–Crippen LogP) is 4.83. The molecule has 180 valence electrons. The van der Waals surface area contributed by atoms with Crippen molar-refractivity contribution in [3.63, 3.8) is 0 Å². The molecule has 3 heterocycles. The Kier molecular flexibility index (Phi) is 7.81. The molecule has 0 aliphatic rings. The van der Waals surface area contributed by atoms with Gasteiger partial charge >= 0.3 is 0 Å². The molecule has 0 bridgehead atoms. The Labute approximate surface area is 206 Å². The van der Waals surface area contributed by atoms with Gasteiger partial charge in [0.2, 0.25) is 0 Å². The molecule has 1 aromatic carbocycles. The molecule has 4 rings (SSSR count). The van der Waals surface area contributed by atoms with E-state index in [0.717, 1.165) is 5.56 Å². The van der Waals surface area contributed by atoms with Crippen LogP contribution in [0.3, 0.4) is 0 Å². The maximum atomic E-state index is 14.8. The van der Waals surface area contributed by atoms with Crippen molar-refractivity contribution >= 4 is 28.1 Å². The number of aromatic nitrogens is 2. The molecule has 0 saturated heterocycles. The van der Waals surface area contributed by atoms with Gasteiger partial charge < -0.3 is 20.9 Å². The van der Waals surface area contributed by atoms with Crippen LogP contribution in [0.2, 0.25) is 0 Å². The van der Waals surface area contributed by atoms with Gasteiger partial charge in [-0.2, -0.15) is 0 Å². The topological polar surface area (TPSA) is 110 Å². The van der Waals surface area contributed by atoms with E-state index in [1.54, 1.807) is 43.6 Å². The Morgan fingerprint density at radius 1 is 1.14 bits per heavy atom. The number of aliphatic hydroxyl groups is 1. The monoisotopic (exact) mass is 492 g/mol. The minimum Gasteiger partial charge on any atom is -0.393 e. The summed E-state index contributed by atoms with van der Waals surface area (Å²) < 4.78 is 20.5. The van der Waals surface area contributed by atoms with Crippen LogP contribution in [-0.4, -0.2) is 27.1 Å². The lowest BCUT2D eigenvalue weighted by atomic mass is 10.0. The van der Waals surface area contributed by atoms with Crippen LogP contribution in [0.5, 0.6) is 0 Å². The number of hydrogen-bond acceptors (Lipinski definition) is 7. The molecule has 35 heavy (non-hydrogen) atoms. The summed E-state index contributed by atoms with van der Waals surface area (Å²) >= 11 is 1.21. The average molecular weight is 493 g/mol. The molecule has 0 aliphatic heterocycles. The normalized spacial score (nSPS) is 11.9. The zero-order chi connectivity index (χ0) is 24.8. The summed E-state index contributed by atoms with van der Waals surface area (Å²) in [6.07, 6.45) is 3.21. The number of anilines is 2. The molecule has 0 saturated carbocycles. The molecule has 1 unspecified atom stereocenters. The molecule has 0 fully saturated rings. The summed E-state index contributed by atoms with van der Waals surface area (Å²) in [7, 11) is 0. The number of carbonyl (C=O) groups is 1. The molecule has 1 atom stereocenters. The number of benzene rings is 1. The fraction of sp³-hybridized carbons (Fsp3) is 0.192. The van der Waals surface area contributed by atoms with Crippen LogP contribution in [0, 0.1) is 5.82 Å². The van der Waals surface area contributed by atoms with Crippen molar-refractivity contribution in [2.75, 3.05) is 5.32 Å². The van der Waals surface area contributed by atoms with Gasteiger partial charge in [0.1, 0.15) is 16.6 Å². The Morgan fingerprint density at radius 2 is 1.94 bits per heavy atom. The minimum absolute atomic E-state index is 0.249. The fourth-order valence-electron chi connectivity index (χ4n) is 3.52. The Morgan fingerprint density at radius 3 is 2.66 bits per heavy atom. The first-order chi connectivity index (χ1) is 16.9. The van der Waals surface area contributed by atoms with E-state index in [1.807, 2.05) is 24.3 Å². The zero-order valence-electron chi connectivity index (χ0n) is 19.1. The standard InChI is InChI=1S/C26H25FN4O3S/c1-16(32)11-18-5-6-20(22(27)12-18)23-13-21(25(28)33)26(35-23)31-24-4-2-3-19(30-24)15-34-14-17-7-9-29-10-8-17/h2-10,12-13,16,32H,11,14-15H2,1H3,(H2,28,33)(H,30,31). The van der Waals surface area contributed by atoms with Crippen molar-refractivity contribution in [1.82, 2.24) is 9.97 Å². The van der Waals surface area contributed by atoms with Gasteiger partial charge in [0.25, 0.3) is 5.91 Å². The van der Waals surface area contributed by atoms with Crippen molar-refractivity contribution in [3.8, 4) is 10.4 Å². The van der Waals surface area contributed by atoms with Gasteiger partial charge in [-0.15, -0.1) is 11.3 Å². The van der Waals surface area contributed by atoms with Gasteiger partial charge in [-0.1, -0.05) is 18.2 Å². The fourth-order valence-corrected chi connectivity index (χ4v) is 4.62. The first-order valence-corrected chi connectivity index (χ1v) is 11.8. The maximum absolute atomic E-state index is 14.8. The second kappa shape index (κ2) is 11.2. The lowest BCUT2D eigenvalue weighted by Gasteiger charge is -2.08. The van der Waals surface area contributed by atoms with Gasteiger partial charge in [0.15, 0.2) is 0 Å². The largest absolute Gasteiger partial charge is 0.393 e. The number of hydrogen-bond donors (Lipinski definition) is 3. The number of amides is 1. The third-order valence-electron chi connectivity index (χ3n) is 5.14. The van der Waals surface area contributed by atoms with Gasteiger partial charge in [0, 0.05) is 22.8 Å². The first kappa shape index (κ1) is 24.5. The summed E-state index contributed by atoms with van der Waals surface area (Å²) in [5.41, 5.74) is 8.60. The highest BCUT2D eigenvalue weighted by Crippen LogP contribution is 2.38. The Hall–Kier alpha value is -3.66. The summed E-state index contributed by atoms with van der Waals surface area (Å²) in [6.45, 7) is 2.39. The average Bonchev–Trinajstić information content (AvgIpc) is 3.23. The van der Waals surface area contributed by atoms with Gasteiger partial charge in [-0.25, -0.2) is 9.37 Å². The van der Waals surface area contributed by atoms with E-state index in [4.69, 9.17) is 10.5 Å². The summed E-state index contributed by atoms with van der Waals surface area (Å²) in [5, 5.41) is 13.2. The van der Waals surface area contributed by atoms with Crippen molar-refractivity contribution in [2.45, 2.75) is 32.7 Å². The number of rotatable bonds is 10. The molecule has 4 N–H and O–H groups in total. The van der Waals surface area contributed by atoms with Crippen LogP contribution in [0.4, 0.5) is 15.2 Å². The molecule has 9 heteroatoms. The number of thiophene rings is 1. The number of aliphatic hydroxyl groups excluding tert-OH is 1. The first-order valence-electron chi connectivity index (χ1n) is 11.0. The van der Waals surface area contributed by atoms with Gasteiger partial charge in [-0.05, 0) is 60.9 Å². The van der Waals surface area contributed by atoms with Crippen molar-refractivity contribution in [3.05, 3.63) is 95.2 Å². The van der Waals surface area contributed by atoms with Crippen molar-refractivity contribution in [2.24, 2.45) is 5.73 Å². The Bertz CT molecular complexity index is 1310. The maximum Gasteiger partial charge on any atom is 0.251 e. The Balaban J connectivity index is 1.50. The van der Waals surface area contributed by atoms with E-state index in [2.05, 4.69) is 15.3 Å². The smallest absolute Gasteiger partial charge is 0.251 e. The highest BCUT2D eigenvalue weighted by atomic mass is 32.1. The van der Waals surface area contributed by atoms with Crippen molar-refractivity contribution in [1.29, 1.82) is 0 Å². The van der Waals surface area contributed by atoms with E-state index in [1.165, 1.54) is 17.4 Å². The second-order valence-corrected chi connectivity index (χ2v) is 9.12. The molecular formula is C26H25FN4O3S. The van der Waals surface area contributed by atoms with Crippen LogP contribution in [0.25, 0.3) is 10.4 Å². The summed E-state index contributed by atoms with van der Waals surface area (Å²) in [4.78, 5) is 21.2. The summed E-state index contributed by atoms with van der Waals surface area (Å²) in [6, 6.07) is 15.6. The molecule has 1 amide bonds. The van der Waals surface area contributed by atoms with Crippen LogP contribution in [0.15, 0.2) is 67.0 Å². The SMILES string of the molecule is CC(O)Cc1ccc(-c2cc(C(N)=O)c(Nc3cccc(COCc4ccncc4)n3)s2)c(F)c1. The van der Waals surface area contributed by atoms with E-state index in [9.17, 15) is 14.3 Å². The minimum atomic E-state index is -0.627. The molecule has 0 spiro atoms. The quantitative estimate of drug-likeness (QED) is 0.293. The molecule has 4 aromatic rings. The number of nitrogens with zero attached hydrogens (tertiary/aromatic N) is 2. The van der Waals surface area contributed by atoms with E-state index < -0.39 is 17.8 Å². The van der Waals surface area contributed by atoms with Crippen LogP contribution in [0.1, 0.15) is 34.1 Å². The van der Waals surface area contributed by atoms with Gasteiger partial charge in [-0.3, -0.25) is 9.78 Å². The zero-order valence-corrected chi connectivity index (χ0v) is 19.9. The predicted molar refractivity (Wildman–Crippen MR) is 134 cm³/mol. The third-order valence-corrected chi connectivity index (χ3v) is 6.23. The highest BCUT2D eigenvalue weighted by Gasteiger charge is 2.18. The number of nitrogens with two attached hydrogens (primary N) is 1. The lowest BCUT2D eigenvalue weighted by molar-refractivity contribution is 0.100. The van der Waals surface area contributed by atoms with Crippen LogP contribution < -0.4 is 11.1 Å². The highest BCUT2D eigenvalue weighted by molar-refractivity contribution is 7.19. The van der Waals surface area contributed by atoms with Crippen LogP contribution >= 0.6 is 11.3 Å².